The minimum Gasteiger partial charge on any atom is -0.334 e. The molecule has 0 spiro atoms. The molecule has 0 aromatic heterocycles. The molecular formula is C65H54N4. The van der Waals surface area contributed by atoms with Crippen LogP contribution in [-0.4, -0.2) is 12.1 Å². The van der Waals surface area contributed by atoms with Gasteiger partial charge in [0.2, 0.25) is 0 Å². The Morgan fingerprint density at radius 2 is 1.06 bits per heavy atom. The molecule has 13 rings (SSSR count). The molecule has 2 atom stereocenters. The molecule has 8 aromatic rings. The van der Waals surface area contributed by atoms with E-state index < -0.39 is 0 Å². The van der Waals surface area contributed by atoms with E-state index in [1.807, 2.05) is 0 Å². The van der Waals surface area contributed by atoms with Gasteiger partial charge < -0.3 is 19.6 Å². The summed E-state index contributed by atoms with van der Waals surface area (Å²) in [4.78, 5) is 10.1. The van der Waals surface area contributed by atoms with Gasteiger partial charge in [0.15, 0.2) is 0 Å². The number of nitrogens with zero attached hydrogens (tertiary/aromatic N) is 4. The summed E-state index contributed by atoms with van der Waals surface area (Å²) < 4.78 is 0. The predicted molar refractivity (Wildman–Crippen MR) is 291 cm³/mol. The van der Waals surface area contributed by atoms with E-state index in [1.165, 1.54) is 84.3 Å². The molecular weight excluding hydrogens is 837 g/mol. The lowest BCUT2D eigenvalue weighted by atomic mass is 9.81. The maximum absolute atomic E-state index is 2.63. The molecule has 0 saturated carbocycles. The van der Waals surface area contributed by atoms with Gasteiger partial charge in [-0.2, -0.15) is 0 Å². The molecule has 0 radical (unpaired) electrons. The highest BCUT2D eigenvalue weighted by Crippen LogP contribution is 2.56. The highest BCUT2D eigenvalue weighted by Gasteiger charge is 2.41. The lowest BCUT2D eigenvalue weighted by molar-refractivity contribution is 0.495. The third kappa shape index (κ3) is 6.88. The SMILES string of the molecule is CC1(C)c2cc(/C=C/c3ccc(-c4cccc(N5c6ccccc6N(C6=CC=CCC6)C6C=CCCC65)c4)cc3)ccc2-c2ccc(N3c4ccccc4N(c4ccccc4)c4ccccc43)cc21. The standard InChI is InChI=1S/C65H54N4/c1-65(2)55-42-46(36-40-53(55)54-41-39-52(44-56(54)65)69-63-30-15-11-26-59(63)67(50-21-7-4-8-22-50)60-27-12-16-31-64(60)69)33-32-45-34-37-47(38-35-45)48-18-17-23-51(43-48)68-61-28-13-9-24-57(61)66(49-19-5-3-6-20-49)58-25-10-14-29-62(58)68/h3-5,7-13,15-19,21-28,30-44,58,62H,6,14,20,29H2,1-2H3/b33-32+. The topological polar surface area (TPSA) is 13.0 Å². The first kappa shape index (κ1) is 41.1. The number of anilines is 9. The van der Waals surface area contributed by atoms with Crippen molar-refractivity contribution in [1.29, 1.82) is 0 Å². The predicted octanol–water partition coefficient (Wildman–Crippen LogP) is 17.4. The van der Waals surface area contributed by atoms with E-state index in [0.29, 0.717) is 6.04 Å². The van der Waals surface area contributed by atoms with Crippen molar-refractivity contribution < 1.29 is 0 Å². The Bertz CT molecular complexity index is 3360. The van der Waals surface area contributed by atoms with Crippen molar-refractivity contribution in [2.45, 2.75) is 57.0 Å². The number of para-hydroxylation sites is 7. The van der Waals surface area contributed by atoms with Gasteiger partial charge in [0.25, 0.3) is 0 Å². The average molecular weight is 891 g/mol. The molecule has 4 nitrogen and oxygen atoms in total. The molecule has 0 fully saturated rings. The zero-order valence-electron chi connectivity index (χ0n) is 39.2. The van der Waals surface area contributed by atoms with E-state index in [0.717, 1.165) is 42.7 Å². The lowest BCUT2D eigenvalue weighted by Crippen LogP contribution is -2.54. The van der Waals surface area contributed by atoms with Crippen molar-refractivity contribution >= 4 is 63.3 Å². The molecule has 0 N–H and O–H groups in total. The largest absolute Gasteiger partial charge is 0.334 e. The van der Waals surface area contributed by atoms with Gasteiger partial charge in [0.1, 0.15) is 0 Å². The molecule has 3 aliphatic carbocycles. The van der Waals surface area contributed by atoms with Gasteiger partial charge >= 0.3 is 0 Å². The molecule has 0 saturated heterocycles. The van der Waals surface area contributed by atoms with Gasteiger partial charge in [-0.15, -0.1) is 0 Å². The van der Waals surface area contributed by atoms with Gasteiger partial charge in [-0.25, -0.2) is 0 Å². The Kier molecular flexibility index (Phi) is 9.90. The van der Waals surface area contributed by atoms with E-state index >= 15 is 0 Å². The van der Waals surface area contributed by atoms with Crippen molar-refractivity contribution in [2.24, 2.45) is 0 Å². The van der Waals surface area contributed by atoms with E-state index in [4.69, 9.17) is 0 Å². The number of allylic oxidation sites excluding steroid dienone is 5. The minimum atomic E-state index is -0.180. The highest BCUT2D eigenvalue weighted by atomic mass is 15.3. The fourth-order valence-corrected chi connectivity index (χ4v) is 11.9. The zero-order valence-corrected chi connectivity index (χ0v) is 39.2. The summed E-state index contributed by atoms with van der Waals surface area (Å²) in [6.45, 7) is 4.77. The summed E-state index contributed by atoms with van der Waals surface area (Å²) >= 11 is 0. The fourth-order valence-electron chi connectivity index (χ4n) is 11.9. The smallest absolute Gasteiger partial charge is 0.0727 e. The summed E-state index contributed by atoms with van der Waals surface area (Å²) in [6.07, 6.45) is 20.6. The van der Waals surface area contributed by atoms with E-state index in [1.54, 1.807) is 0 Å². The molecule has 4 heteroatoms. The van der Waals surface area contributed by atoms with Gasteiger partial charge in [-0.3, -0.25) is 0 Å². The highest BCUT2D eigenvalue weighted by molar-refractivity contribution is 6.02. The van der Waals surface area contributed by atoms with Crippen LogP contribution in [0.5, 0.6) is 0 Å². The Labute approximate surface area is 406 Å². The molecule has 0 amide bonds. The number of fused-ring (bicyclic) bond motifs is 7. The van der Waals surface area contributed by atoms with Crippen LogP contribution >= 0.6 is 0 Å². The van der Waals surface area contributed by atoms with Crippen LogP contribution in [0.2, 0.25) is 0 Å². The third-order valence-corrected chi connectivity index (χ3v) is 15.2. The maximum atomic E-state index is 2.63. The maximum Gasteiger partial charge on any atom is 0.0727 e. The van der Waals surface area contributed by atoms with Crippen LogP contribution < -0.4 is 19.6 Å². The summed E-state index contributed by atoms with van der Waals surface area (Å²) in [5.74, 6) is 0. The Morgan fingerprint density at radius 1 is 0.464 bits per heavy atom. The third-order valence-electron chi connectivity index (χ3n) is 15.2. The molecule has 69 heavy (non-hydrogen) atoms. The quantitative estimate of drug-likeness (QED) is 0.117. The second-order valence-corrected chi connectivity index (χ2v) is 19.6. The fraction of sp³-hybridized carbons (Fsp3) is 0.138. The molecule has 334 valence electrons. The number of hydrogen-bond acceptors (Lipinski definition) is 4. The van der Waals surface area contributed by atoms with Crippen LogP contribution in [0.25, 0.3) is 34.4 Å². The van der Waals surface area contributed by atoms with Crippen molar-refractivity contribution in [2.75, 3.05) is 19.6 Å². The van der Waals surface area contributed by atoms with Gasteiger partial charge in [0, 0.05) is 28.2 Å². The lowest BCUT2D eigenvalue weighted by Gasteiger charge is -2.51. The van der Waals surface area contributed by atoms with Gasteiger partial charge in [-0.1, -0.05) is 166 Å². The van der Waals surface area contributed by atoms with Crippen molar-refractivity contribution in [3.63, 3.8) is 0 Å². The van der Waals surface area contributed by atoms with Gasteiger partial charge in [0.05, 0.1) is 46.2 Å². The Morgan fingerprint density at radius 3 is 1.75 bits per heavy atom. The van der Waals surface area contributed by atoms with Crippen molar-refractivity contribution in [1.82, 2.24) is 0 Å². The average Bonchev–Trinajstić information content (AvgIpc) is 3.63. The van der Waals surface area contributed by atoms with Crippen LogP contribution in [0.15, 0.2) is 224 Å². The van der Waals surface area contributed by atoms with Crippen molar-refractivity contribution in [3.05, 3.63) is 246 Å². The normalized spacial score (nSPS) is 18.3. The van der Waals surface area contributed by atoms with Crippen LogP contribution in [0.3, 0.4) is 0 Å². The van der Waals surface area contributed by atoms with E-state index in [9.17, 15) is 0 Å². The first-order valence-corrected chi connectivity index (χ1v) is 24.7. The Balaban J connectivity index is 0.764. The first-order chi connectivity index (χ1) is 34.0. The summed E-state index contributed by atoms with van der Waals surface area (Å²) in [7, 11) is 0. The second kappa shape index (κ2) is 16.6. The molecule has 8 aromatic carbocycles. The molecule has 5 aliphatic rings. The monoisotopic (exact) mass is 890 g/mol. The molecule has 2 unspecified atom stereocenters. The number of benzene rings is 8. The summed E-state index contributed by atoms with van der Waals surface area (Å²) in [6, 6.07) is 70.2. The van der Waals surface area contributed by atoms with E-state index in [2.05, 4.69) is 264 Å². The summed E-state index contributed by atoms with van der Waals surface area (Å²) in [5.41, 5.74) is 22.3. The second-order valence-electron chi connectivity index (χ2n) is 19.6. The van der Waals surface area contributed by atoms with Crippen LogP contribution in [-0.2, 0) is 5.41 Å². The molecule has 2 heterocycles. The first-order valence-electron chi connectivity index (χ1n) is 24.7. The zero-order chi connectivity index (χ0) is 46.1. The molecule has 2 aliphatic heterocycles. The van der Waals surface area contributed by atoms with Crippen LogP contribution in [0, 0.1) is 0 Å². The summed E-state index contributed by atoms with van der Waals surface area (Å²) in [5, 5.41) is 0. The Hall–Kier alpha value is -8.08. The van der Waals surface area contributed by atoms with E-state index in [-0.39, 0.29) is 11.5 Å². The number of rotatable bonds is 7. The number of hydrogen-bond donors (Lipinski definition) is 0. The van der Waals surface area contributed by atoms with Crippen LogP contribution in [0.4, 0.5) is 51.2 Å². The van der Waals surface area contributed by atoms with Crippen molar-refractivity contribution in [3.8, 4) is 22.3 Å². The van der Waals surface area contributed by atoms with Crippen LogP contribution in [0.1, 0.15) is 61.8 Å². The minimum absolute atomic E-state index is 0.180. The van der Waals surface area contributed by atoms with Gasteiger partial charge in [-0.05, 0) is 149 Å². The molecule has 0 bridgehead atoms.